The molecule has 0 radical (unpaired) electrons. The van der Waals surface area contributed by atoms with Crippen LogP contribution in [0.25, 0.3) is 0 Å². The molecule has 1 unspecified atom stereocenters. The highest BCUT2D eigenvalue weighted by atomic mass is 16.3. The monoisotopic (exact) mass is 207 g/mol. The average molecular weight is 207 g/mol. The predicted molar refractivity (Wildman–Crippen MR) is 62.0 cm³/mol. The zero-order chi connectivity index (χ0) is 10.8. The van der Waals surface area contributed by atoms with Crippen LogP contribution < -0.4 is 0 Å². The Kier molecular flexibility index (Phi) is 3.15. The molecule has 0 aliphatic carbocycles. The second kappa shape index (κ2) is 4.40. The van der Waals surface area contributed by atoms with E-state index in [0.29, 0.717) is 6.04 Å². The van der Waals surface area contributed by atoms with Gasteiger partial charge in [0, 0.05) is 12.5 Å². The minimum absolute atomic E-state index is 0.699. The highest BCUT2D eigenvalue weighted by Crippen LogP contribution is 2.27. The fraction of sp³-hybridized carbons (Fsp3) is 0.692. The highest BCUT2D eigenvalue weighted by Gasteiger charge is 2.24. The molecule has 2 nitrogen and oxygen atoms in total. The van der Waals surface area contributed by atoms with Crippen LogP contribution in [-0.2, 0) is 19.4 Å². The van der Waals surface area contributed by atoms with Gasteiger partial charge in [0.15, 0.2) is 0 Å². The number of hydrogen-bond acceptors (Lipinski definition) is 2. The molecule has 0 N–H and O–H groups in total. The van der Waals surface area contributed by atoms with Crippen LogP contribution in [0.15, 0.2) is 10.5 Å². The van der Waals surface area contributed by atoms with E-state index in [2.05, 4.69) is 31.9 Å². The molecule has 0 fully saturated rings. The molecule has 2 rings (SSSR count). The van der Waals surface area contributed by atoms with Crippen molar-refractivity contribution in [3.8, 4) is 0 Å². The van der Waals surface area contributed by atoms with Crippen LogP contribution in [0.5, 0.6) is 0 Å². The van der Waals surface area contributed by atoms with E-state index >= 15 is 0 Å². The Balaban J connectivity index is 2.18. The molecule has 1 aromatic rings. The molecule has 0 saturated heterocycles. The molecule has 1 atom stereocenters. The van der Waals surface area contributed by atoms with Crippen LogP contribution in [-0.4, -0.2) is 18.0 Å². The summed E-state index contributed by atoms with van der Waals surface area (Å²) in [6, 6.07) is 2.97. The number of aryl methyl sites for hydroxylation is 1. The first-order chi connectivity index (χ1) is 7.24. The van der Waals surface area contributed by atoms with Crippen molar-refractivity contribution >= 4 is 0 Å². The van der Waals surface area contributed by atoms with E-state index in [-0.39, 0.29) is 0 Å². The summed E-state index contributed by atoms with van der Waals surface area (Å²) in [7, 11) is 2.19. The van der Waals surface area contributed by atoms with Crippen molar-refractivity contribution in [2.24, 2.45) is 0 Å². The van der Waals surface area contributed by atoms with Crippen molar-refractivity contribution in [1.29, 1.82) is 0 Å². The van der Waals surface area contributed by atoms with E-state index in [1.807, 2.05) is 0 Å². The third kappa shape index (κ3) is 2.10. The van der Waals surface area contributed by atoms with Crippen LogP contribution in [0.1, 0.15) is 43.8 Å². The van der Waals surface area contributed by atoms with Crippen LogP contribution in [0.2, 0.25) is 0 Å². The zero-order valence-corrected chi connectivity index (χ0v) is 10.0. The number of fused-ring (bicyclic) bond motifs is 1. The fourth-order valence-corrected chi connectivity index (χ4v) is 2.43. The van der Waals surface area contributed by atoms with Crippen molar-refractivity contribution in [2.75, 3.05) is 7.05 Å². The highest BCUT2D eigenvalue weighted by molar-refractivity contribution is 5.25. The molecule has 1 aliphatic rings. The Morgan fingerprint density at radius 3 is 2.93 bits per heavy atom. The number of likely N-dealkylation sites (N-methyl/N-ethyl adjacent to an activating group) is 1. The van der Waals surface area contributed by atoms with E-state index in [1.165, 1.54) is 29.9 Å². The van der Waals surface area contributed by atoms with Crippen molar-refractivity contribution in [3.63, 3.8) is 0 Å². The van der Waals surface area contributed by atoms with E-state index in [0.717, 1.165) is 19.4 Å². The van der Waals surface area contributed by atoms with Crippen molar-refractivity contribution in [1.82, 2.24) is 4.90 Å². The Morgan fingerprint density at radius 1 is 1.47 bits per heavy atom. The summed E-state index contributed by atoms with van der Waals surface area (Å²) in [6.07, 6.45) is 4.63. The third-order valence-corrected chi connectivity index (χ3v) is 3.39. The first-order valence-electron chi connectivity index (χ1n) is 6.05. The van der Waals surface area contributed by atoms with Gasteiger partial charge in [0.25, 0.3) is 0 Å². The third-order valence-electron chi connectivity index (χ3n) is 3.39. The fourth-order valence-electron chi connectivity index (χ4n) is 2.43. The van der Waals surface area contributed by atoms with Gasteiger partial charge in [-0.05, 0) is 37.9 Å². The smallest absolute Gasteiger partial charge is 0.121 e. The lowest BCUT2D eigenvalue weighted by atomic mass is 9.98. The molecule has 0 spiro atoms. The maximum Gasteiger partial charge on any atom is 0.121 e. The molecular weight excluding hydrogens is 186 g/mol. The summed E-state index contributed by atoms with van der Waals surface area (Å²) in [5.74, 6) is 2.37. The van der Waals surface area contributed by atoms with Gasteiger partial charge in [-0.25, -0.2) is 0 Å². The normalized spacial score (nSPS) is 21.7. The maximum absolute atomic E-state index is 5.87. The van der Waals surface area contributed by atoms with Crippen LogP contribution in [0, 0.1) is 0 Å². The molecule has 1 aliphatic heterocycles. The standard InChI is InChI=1S/C13H21NO/c1-4-6-12-8-10-7-11(5-2)14(3)9-13(10)15-12/h8,11H,4-7,9H2,1-3H3. The summed E-state index contributed by atoms with van der Waals surface area (Å²) < 4.78 is 5.87. The van der Waals surface area contributed by atoms with Gasteiger partial charge in [-0.3, -0.25) is 4.90 Å². The SMILES string of the molecule is CCCc1cc2c(o1)CN(C)C(CC)C2. The molecule has 0 aromatic carbocycles. The molecule has 0 saturated carbocycles. The summed E-state index contributed by atoms with van der Waals surface area (Å²) in [5.41, 5.74) is 1.45. The second-order valence-electron chi connectivity index (χ2n) is 4.59. The van der Waals surface area contributed by atoms with Crippen LogP contribution >= 0.6 is 0 Å². The van der Waals surface area contributed by atoms with Gasteiger partial charge in [0.05, 0.1) is 6.54 Å². The van der Waals surface area contributed by atoms with Gasteiger partial charge >= 0.3 is 0 Å². The average Bonchev–Trinajstić information content (AvgIpc) is 2.58. The first kappa shape index (κ1) is 10.7. The molecular formula is C13H21NO. The Morgan fingerprint density at radius 2 is 2.27 bits per heavy atom. The van der Waals surface area contributed by atoms with Gasteiger partial charge in [0.2, 0.25) is 0 Å². The minimum atomic E-state index is 0.699. The summed E-state index contributed by atoms with van der Waals surface area (Å²) in [5, 5.41) is 0. The van der Waals surface area contributed by atoms with Crippen molar-refractivity contribution in [2.45, 2.75) is 52.1 Å². The summed E-state index contributed by atoms with van der Waals surface area (Å²) in [6.45, 7) is 5.44. The minimum Gasteiger partial charge on any atom is -0.464 e. The van der Waals surface area contributed by atoms with Crippen molar-refractivity contribution in [3.05, 3.63) is 23.2 Å². The second-order valence-corrected chi connectivity index (χ2v) is 4.59. The van der Waals surface area contributed by atoms with E-state index in [9.17, 15) is 0 Å². The molecule has 2 heterocycles. The number of rotatable bonds is 3. The van der Waals surface area contributed by atoms with Gasteiger partial charge < -0.3 is 4.42 Å². The Labute approximate surface area is 92.3 Å². The molecule has 0 bridgehead atoms. The number of hydrogen-bond donors (Lipinski definition) is 0. The van der Waals surface area contributed by atoms with Crippen molar-refractivity contribution < 1.29 is 4.42 Å². The molecule has 84 valence electrons. The summed E-state index contributed by atoms with van der Waals surface area (Å²) in [4.78, 5) is 2.40. The molecule has 1 aromatic heterocycles. The van der Waals surface area contributed by atoms with Gasteiger partial charge in [-0.2, -0.15) is 0 Å². The lowest BCUT2D eigenvalue weighted by molar-refractivity contribution is 0.189. The van der Waals surface area contributed by atoms with Gasteiger partial charge in [-0.1, -0.05) is 13.8 Å². The van der Waals surface area contributed by atoms with Gasteiger partial charge in [-0.15, -0.1) is 0 Å². The topological polar surface area (TPSA) is 16.4 Å². The lowest BCUT2D eigenvalue weighted by Crippen LogP contribution is -2.36. The number of furan rings is 1. The van der Waals surface area contributed by atoms with Crippen LogP contribution in [0.3, 0.4) is 0 Å². The molecule has 15 heavy (non-hydrogen) atoms. The summed E-state index contributed by atoms with van der Waals surface area (Å²) >= 11 is 0. The largest absolute Gasteiger partial charge is 0.464 e. The van der Waals surface area contributed by atoms with E-state index in [1.54, 1.807) is 0 Å². The quantitative estimate of drug-likeness (QED) is 0.757. The Bertz CT molecular complexity index is 329. The lowest BCUT2D eigenvalue weighted by Gasteiger charge is -2.30. The van der Waals surface area contributed by atoms with Gasteiger partial charge in [0.1, 0.15) is 11.5 Å². The predicted octanol–water partition coefficient (Wildman–Crippen LogP) is 3.00. The first-order valence-corrected chi connectivity index (χ1v) is 6.05. The maximum atomic E-state index is 5.87. The van der Waals surface area contributed by atoms with E-state index in [4.69, 9.17) is 4.42 Å². The van der Waals surface area contributed by atoms with Crippen LogP contribution in [0.4, 0.5) is 0 Å². The Hall–Kier alpha value is -0.760. The van der Waals surface area contributed by atoms with E-state index < -0.39 is 0 Å². The molecule has 2 heteroatoms. The zero-order valence-electron chi connectivity index (χ0n) is 10.0. The molecule has 0 amide bonds. The number of nitrogens with zero attached hydrogens (tertiary/aromatic N) is 1.